The number of hydrogen-bond acceptors (Lipinski definition) is 5. The molecule has 6 nitrogen and oxygen atoms in total. The number of hydrogen-bond donors (Lipinski definition) is 1. The molecule has 0 radical (unpaired) electrons. The maximum Gasteiger partial charge on any atom is 0.261 e. The Kier molecular flexibility index (Phi) is 5.71. The topological polar surface area (TPSA) is 73.1 Å². The first-order chi connectivity index (χ1) is 15.1. The van der Waals surface area contributed by atoms with E-state index in [0.29, 0.717) is 28.3 Å². The van der Waals surface area contributed by atoms with E-state index in [0.717, 1.165) is 16.6 Å². The molecule has 1 N–H and O–H groups in total. The molecule has 4 aromatic rings. The molecule has 0 atom stereocenters. The lowest BCUT2D eigenvalue weighted by Crippen LogP contribution is -2.22. The fraction of sp³-hybridized carbons (Fsp3) is 0.120. The number of ether oxygens (including phenoxy) is 2. The van der Waals surface area contributed by atoms with Crippen LogP contribution < -0.4 is 20.3 Å². The fourth-order valence-corrected chi connectivity index (χ4v) is 3.23. The Balaban J connectivity index is 1.85. The number of nitrogens with one attached hydrogen (secondary N) is 1. The summed E-state index contributed by atoms with van der Waals surface area (Å²) in [6, 6.07) is 22.1. The Morgan fingerprint density at radius 3 is 2.42 bits per heavy atom. The first-order valence-corrected chi connectivity index (χ1v) is 9.75. The van der Waals surface area contributed by atoms with Crippen molar-refractivity contribution in [1.29, 1.82) is 0 Å². The highest BCUT2D eigenvalue weighted by Crippen LogP contribution is 2.31. The Morgan fingerprint density at radius 2 is 1.65 bits per heavy atom. The Labute approximate surface area is 179 Å². The van der Waals surface area contributed by atoms with Gasteiger partial charge in [0.15, 0.2) is 11.5 Å². The SMILES string of the molecule is COc1ccc(N=c2oc3ccccc3cc2C(=O)Nc2ccccc2C)cc1OC. The molecule has 0 aliphatic carbocycles. The monoisotopic (exact) mass is 414 g/mol. The fourth-order valence-electron chi connectivity index (χ4n) is 3.23. The van der Waals surface area contributed by atoms with Gasteiger partial charge in [-0.05, 0) is 42.8 Å². The van der Waals surface area contributed by atoms with Crippen LogP contribution >= 0.6 is 0 Å². The number of anilines is 1. The van der Waals surface area contributed by atoms with Crippen molar-refractivity contribution in [3.05, 3.63) is 89.5 Å². The number of fused-ring (bicyclic) bond motifs is 1. The van der Waals surface area contributed by atoms with Crippen molar-refractivity contribution >= 4 is 28.3 Å². The predicted molar refractivity (Wildman–Crippen MR) is 120 cm³/mol. The third kappa shape index (κ3) is 4.28. The molecule has 1 amide bonds. The molecule has 0 aliphatic rings. The average Bonchev–Trinajstić information content (AvgIpc) is 2.80. The maximum atomic E-state index is 13.2. The van der Waals surface area contributed by atoms with Crippen LogP contribution in [0.2, 0.25) is 0 Å². The molecule has 0 aliphatic heterocycles. The molecular weight excluding hydrogens is 392 g/mol. The quantitative estimate of drug-likeness (QED) is 0.484. The van der Waals surface area contributed by atoms with E-state index in [2.05, 4.69) is 10.3 Å². The van der Waals surface area contributed by atoms with E-state index in [1.165, 1.54) is 0 Å². The Hall–Kier alpha value is -4.06. The molecule has 1 aromatic heterocycles. The van der Waals surface area contributed by atoms with Gasteiger partial charge in [-0.15, -0.1) is 0 Å². The molecule has 156 valence electrons. The van der Waals surface area contributed by atoms with Gasteiger partial charge in [0.2, 0.25) is 5.55 Å². The number of amides is 1. The van der Waals surface area contributed by atoms with Gasteiger partial charge < -0.3 is 19.2 Å². The number of methoxy groups -OCH3 is 2. The van der Waals surface area contributed by atoms with Gasteiger partial charge in [-0.2, -0.15) is 0 Å². The third-order valence-electron chi connectivity index (χ3n) is 4.89. The van der Waals surface area contributed by atoms with Crippen LogP contribution in [0, 0.1) is 6.92 Å². The zero-order valence-corrected chi connectivity index (χ0v) is 17.5. The van der Waals surface area contributed by atoms with E-state index < -0.39 is 0 Å². The smallest absolute Gasteiger partial charge is 0.261 e. The highest BCUT2D eigenvalue weighted by atomic mass is 16.5. The van der Waals surface area contributed by atoms with Gasteiger partial charge in [0.1, 0.15) is 11.1 Å². The minimum atomic E-state index is -0.303. The van der Waals surface area contributed by atoms with Crippen LogP contribution in [0.1, 0.15) is 15.9 Å². The highest BCUT2D eigenvalue weighted by Gasteiger charge is 2.14. The summed E-state index contributed by atoms with van der Waals surface area (Å²) in [6.45, 7) is 1.94. The zero-order chi connectivity index (χ0) is 21.8. The lowest BCUT2D eigenvalue weighted by molar-refractivity contribution is 0.102. The van der Waals surface area contributed by atoms with Gasteiger partial charge in [0.25, 0.3) is 5.91 Å². The van der Waals surface area contributed by atoms with Gasteiger partial charge in [-0.25, -0.2) is 4.99 Å². The lowest BCUT2D eigenvalue weighted by atomic mass is 10.1. The summed E-state index contributed by atoms with van der Waals surface area (Å²) in [5.41, 5.74) is 3.44. The van der Waals surface area contributed by atoms with E-state index in [4.69, 9.17) is 13.9 Å². The van der Waals surface area contributed by atoms with Crippen molar-refractivity contribution in [3.63, 3.8) is 0 Å². The number of nitrogens with zero attached hydrogens (tertiary/aromatic N) is 1. The van der Waals surface area contributed by atoms with Crippen LogP contribution in [0.25, 0.3) is 11.0 Å². The average molecular weight is 414 g/mol. The molecule has 0 saturated heterocycles. The first kappa shape index (κ1) is 20.2. The molecular formula is C25H22N2O4. The number of rotatable bonds is 5. The largest absolute Gasteiger partial charge is 0.493 e. The van der Waals surface area contributed by atoms with Gasteiger partial charge in [-0.1, -0.05) is 36.4 Å². The molecule has 0 spiro atoms. The van der Waals surface area contributed by atoms with Crippen LogP contribution in [-0.2, 0) is 0 Å². The summed E-state index contributed by atoms with van der Waals surface area (Å²) in [5, 5.41) is 3.76. The molecule has 0 unspecified atom stereocenters. The molecule has 3 aromatic carbocycles. The number of aryl methyl sites for hydroxylation is 1. The summed E-state index contributed by atoms with van der Waals surface area (Å²) in [7, 11) is 3.13. The van der Waals surface area contributed by atoms with Gasteiger partial charge in [0.05, 0.1) is 19.9 Å². The first-order valence-electron chi connectivity index (χ1n) is 9.75. The second-order valence-electron chi connectivity index (χ2n) is 6.92. The molecule has 0 fully saturated rings. The Bertz CT molecular complexity index is 1320. The van der Waals surface area contributed by atoms with Gasteiger partial charge in [0, 0.05) is 17.1 Å². The van der Waals surface area contributed by atoms with Gasteiger partial charge >= 0.3 is 0 Å². The number of carbonyl (C=O) groups excluding carboxylic acids is 1. The normalized spacial score (nSPS) is 11.4. The van der Waals surface area contributed by atoms with Crippen LogP contribution in [-0.4, -0.2) is 20.1 Å². The summed E-state index contributed by atoms with van der Waals surface area (Å²) in [5.74, 6) is 0.827. The summed E-state index contributed by atoms with van der Waals surface area (Å²) < 4.78 is 16.7. The van der Waals surface area contributed by atoms with Crippen molar-refractivity contribution < 1.29 is 18.7 Å². The lowest BCUT2D eigenvalue weighted by Gasteiger charge is -2.10. The summed E-state index contributed by atoms with van der Waals surface area (Å²) in [6.07, 6.45) is 0. The van der Waals surface area contributed by atoms with E-state index >= 15 is 0 Å². The van der Waals surface area contributed by atoms with Crippen LogP contribution in [0.3, 0.4) is 0 Å². The van der Waals surface area contributed by atoms with E-state index in [1.54, 1.807) is 38.5 Å². The molecule has 4 rings (SSSR count). The van der Waals surface area contributed by atoms with Crippen LogP contribution in [0.4, 0.5) is 11.4 Å². The Morgan fingerprint density at radius 1 is 0.903 bits per heavy atom. The van der Waals surface area contributed by atoms with Crippen LogP contribution in [0.15, 0.2) is 82.2 Å². The highest BCUT2D eigenvalue weighted by molar-refractivity contribution is 6.05. The second-order valence-corrected chi connectivity index (χ2v) is 6.92. The number of carbonyl (C=O) groups is 1. The number of benzene rings is 3. The molecule has 0 saturated carbocycles. The third-order valence-corrected chi connectivity index (χ3v) is 4.89. The predicted octanol–water partition coefficient (Wildman–Crippen LogP) is 5.24. The van der Waals surface area contributed by atoms with E-state index in [9.17, 15) is 4.79 Å². The molecule has 0 bridgehead atoms. The van der Waals surface area contributed by atoms with Crippen molar-refractivity contribution in [1.82, 2.24) is 0 Å². The van der Waals surface area contributed by atoms with Crippen molar-refractivity contribution in [2.24, 2.45) is 4.99 Å². The standard InChI is InChI=1S/C25H22N2O4/c1-16-8-4-6-10-20(16)27-24(28)19-14-17-9-5-7-11-21(17)31-25(19)26-18-12-13-22(29-2)23(15-18)30-3/h4-15H,1-3H3,(H,27,28). The van der Waals surface area contributed by atoms with E-state index in [-0.39, 0.29) is 11.5 Å². The minimum Gasteiger partial charge on any atom is -0.493 e. The van der Waals surface area contributed by atoms with E-state index in [1.807, 2.05) is 55.5 Å². The molecule has 31 heavy (non-hydrogen) atoms. The minimum absolute atomic E-state index is 0.206. The van der Waals surface area contributed by atoms with Gasteiger partial charge in [-0.3, -0.25) is 4.79 Å². The maximum absolute atomic E-state index is 13.2. The second kappa shape index (κ2) is 8.75. The molecule has 6 heteroatoms. The van der Waals surface area contributed by atoms with Crippen molar-refractivity contribution in [2.45, 2.75) is 6.92 Å². The number of para-hydroxylation sites is 2. The van der Waals surface area contributed by atoms with Crippen molar-refractivity contribution in [2.75, 3.05) is 19.5 Å². The van der Waals surface area contributed by atoms with Crippen molar-refractivity contribution in [3.8, 4) is 11.5 Å². The summed E-state index contributed by atoms with van der Waals surface area (Å²) in [4.78, 5) is 17.8. The molecule has 1 heterocycles. The van der Waals surface area contributed by atoms with Crippen LogP contribution in [0.5, 0.6) is 11.5 Å². The zero-order valence-electron chi connectivity index (χ0n) is 17.5. The summed E-state index contributed by atoms with van der Waals surface area (Å²) >= 11 is 0.